The van der Waals surface area contributed by atoms with Crippen LogP contribution in [0.2, 0.25) is 0 Å². The summed E-state index contributed by atoms with van der Waals surface area (Å²) in [5.74, 6) is -4.32. The number of carboxylic acid groups (broad SMARTS) is 1. The normalized spacial score (nSPS) is 18.4. The van der Waals surface area contributed by atoms with Crippen molar-refractivity contribution in [3.8, 4) is 23.0 Å². The minimum atomic E-state index is -4.93. The Morgan fingerprint density at radius 2 is 1.67 bits per heavy atom. The van der Waals surface area contributed by atoms with Crippen molar-refractivity contribution in [2.24, 2.45) is 11.8 Å². The van der Waals surface area contributed by atoms with E-state index in [-0.39, 0.29) is 67.9 Å². The Balaban J connectivity index is 1.56. The van der Waals surface area contributed by atoms with Gasteiger partial charge in [0.15, 0.2) is 0 Å². The fourth-order valence-corrected chi connectivity index (χ4v) is 7.66. The van der Waals surface area contributed by atoms with Crippen LogP contribution in [0.5, 0.6) is 0 Å². The number of halogens is 7. The summed E-state index contributed by atoms with van der Waals surface area (Å²) in [7, 11) is 0. The molecule has 2 heterocycles. The van der Waals surface area contributed by atoms with Gasteiger partial charge in [0, 0.05) is 42.3 Å². The van der Waals surface area contributed by atoms with Gasteiger partial charge < -0.3 is 19.9 Å². The number of aliphatic carboxylic acids is 1. The number of likely N-dealkylation sites (tertiary alicyclic amines) is 1. The first-order chi connectivity index (χ1) is 25.7. The van der Waals surface area contributed by atoms with E-state index >= 15 is 8.78 Å². The molecule has 0 radical (unpaired) electrons. The molecule has 5 rings (SSSR count). The first-order valence-corrected chi connectivity index (χ1v) is 18.2. The Kier molecular flexibility index (Phi) is 12.2. The van der Waals surface area contributed by atoms with Crippen molar-refractivity contribution in [2.45, 2.75) is 96.8 Å². The zero-order chi connectivity index (χ0) is 40.6. The summed E-state index contributed by atoms with van der Waals surface area (Å²) in [6, 6.07) is 3.50. The second-order valence-electron chi connectivity index (χ2n) is 15.1. The van der Waals surface area contributed by atoms with Crippen molar-refractivity contribution in [3.05, 3.63) is 91.9 Å². The van der Waals surface area contributed by atoms with E-state index in [2.05, 4.69) is 17.2 Å². The number of aryl methyl sites for hydroxylation is 2. The van der Waals surface area contributed by atoms with Crippen LogP contribution in [0.25, 0.3) is 11.1 Å². The summed E-state index contributed by atoms with van der Waals surface area (Å²) in [4.78, 5) is 41.7. The third-order valence-electron chi connectivity index (χ3n) is 10.5. The number of rotatable bonds is 12. The Morgan fingerprint density at radius 3 is 2.20 bits per heavy atom. The lowest BCUT2D eigenvalue weighted by molar-refractivity contribution is -0.139. The average molecular weight is 776 g/mol. The van der Waals surface area contributed by atoms with E-state index in [1.54, 1.807) is 50.8 Å². The maximum absolute atomic E-state index is 16.7. The van der Waals surface area contributed by atoms with Gasteiger partial charge in [-0.05, 0) is 93.3 Å². The van der Waals surface area contributed by atoms with E-state index in [9.17, 15) is 41.4 Å². The molecular weight excluding hydrogens is 731 g/mol. The lowest BCUT2D eigenvalue weighted by atomic mass is 9.87. The SMILES string of the molecule is CC#Cc1cc(-c2c(C)cccc2C)c(F)c(C(CC(=O)O)NC(=O)C(CC(C)C)n2cc(C3CCN(CC4CC4(F)F)CC3)c(C(F)(F)F)cc2=O)c1F. The second kappa shape index (κ2) is 16.2. The van der Waals surface area contributed by atoms with Gasteiger partial charge in [-0.15, -0.1) is 5.92 Å². The number of nitrogens with zero attached hydrogens (tertiary/aromatic N) is 2. The number of amides is 1. The van der Waals surface area contributed by atoms with E-state index < -0.39 is 82.6 Å². The molecule has 1 aliphatic heterocycles. The third-order valence-corrected chi connectivity index (χ3v) is 10.5. The summed E-state index contributed by atoms with van der Waals surface area (Å²) >= 11 is 0. The molecule has 2 aliphatic rings. The molecule has 7 nitrogen and oxygen atoms in total. The number of piperidine rings is 1. The van der Waals surface area contributed by atoms with Crippen molar-refractivity contribution in [1.29, 1.82) is 0 Å². The molecule has 55 heavy (non-hydrogen) atoms. The largest absolute Gasteiger partial charge is 0.481 e. The highest BCUT2D eigenvalue weighted by atomic mass is 19.4. The minimum Gasteiger partial charge on any atom is -0.481 e. The first-order valence-electron chi connectivity index (χ1n) is 18.2. The highest BCUT2D eigenvalue weighted by molar-refractivity contribution is 5.82. The first kappa shape index (κ1) is 41.5. The zero-order valence-corrected chi connectivity index (χ0v) is 31.2. The Labute approximate surface area is 314 Å². The summed E-state index contributed by atoms with van der Waals surface area (Å²) < 4.78 is 104. The second-order valence-corrected chi connectivity index (χ2v) is 15.1. The van der Waals surface area contributed by atoms with Crippen molar-refractivity contribution >= 4 is 11.9 Å². The maximum Gasteiger partial charge on any atom is 0.416 e. The monoisotopic (exact) mass is 775 g/mol. The molecule has 0 bridgehead atoms. The smallest absolute Gasteiger partial charge is 0.416 e. The van der Waals surface area contributed by atoms with Gasteiger partial charge in [-0.1, -0.05) is 38.0 Å². The van der Waals surface area contributed by atoms with Gasteiger partial charge in [-0.2, -0.15) is 13.2 Å². The Bertz CT molecular complexity index is 2050. The molecule has 2 N–H and O–H groups in total. The molecule has 1 aliphatic carbocycles. The molecular formula is C41H44F7N3O4. The molecule has 1 saturated heterocycles. The quantitative estimate of drug-likeness (QED) is 0.142. The van der Waals surface area contributed by atoms with Gasteiger partial charge in [0.1, 0.15) is 17.7 Å². The van der Waals surface area contributed by atoms with Crippen LogP contribution in [0.1, 0.15) is 104 Å². The van der Waals surface area contributed by atoms with Crippen LogP contribution in [-0.4, -0.2) is 52.0 Å². The lowest BCUT2D eigenvalue weighted by Crippen LogP contribution is -2.41. The molecule has 2 fully saturated rings. The molecule has 1 saturated carbocycles. The van der Waals surface area contributed by atoms with Crippen LogP contribution in [0, 0.1) is 49.2 Å². The molecule has 2 aromatic carbocycles. The van der Waals surface area contributed by atoms with E-state index in [0.29, 0.717) is 22.8 Å². The van der Waals surface area contributed by atoms with E-state index in [1.165, 1.54) is 13.0 Å². The van der Waals surface area contributed by atoms with E-state index in [0.717, 1.165) is 10.8 Å². The van der Waals surface area contributed by atoms with Crippen LogP contribution in [0.4, 0.5) is 30.7 Å². The molecule has 14 heteroatoms. The molecule has 1 aromatic heterocycles. The highest BCUT2D eigenvalue weighted by Gasteiger charge is 2.57. The number of carbonyl (C=O) groups excluding carboxylic acids is 1. The standard InChI is InChI=1S/C41H44F7N3O4/c1-6-8-26-16-28(35-23(4)9-7-10-24(35)5)38(43)36(37(26)42)31(18-34(53)54)49-39(55)32(15-22(2)3)51-21-29(30(17-33(51)52)41(46,47)48)25-11-13-50(14-12-25)20-27-19-40(27,44)45/h7,9-10,16-17,21-22,25,27,31-32H,11-15,18-20H2,1-5H3,(H,49,55)(H,53,54). The van der Waals surface area contributed by atoms with Gasteiger partial charge in [-0.25, -0.2) is 17.6 Å². The van der Waals surface area contributed by atoms with Crippen molar-refractivity contribution in [3.63, 3.8) is 0 Å². The van der Waals surface area contributed by atoms with Gasteiger partial charge in [-0.3, -0.25) is 14.4 Å². The van der Waals surface area contributed by atoms with E-state index in [1.807, 2.05) is 0 Å². The minimum absolute atomic E-state index is 0.0754. The number of nitrogens with one attached hydrogen (secondary N) is 1. The molecule has 3 atom stereocenters. The summed E-state index contributed by atoms with van der Waals surface area (Å²) in [6.07, 6.45) is -4.90. The molecule has 0 spiro atoms. The van der Waals surface area contributed by atoms with Gasteiger partial charge >= 0.3 is 12.1 Å². The highest BCUT2D eigenvalue weighted by Crippen LogP contribution is 2.49. The number of hydrogen-bond donors (Lipinski definition) is 2. The number of alkyl halides is 5. The van der Waals surface area contributed by atoms with Crippen molar-refractivity contribution < 1.29 is 45.4 Å². The predicted octanol–water partition coefficient (Wildman–Crippen LogP) is 8.55. The van der Waals surface area contributed by atoms with Crippen molar-refractivity contribution in [1.82, 2.24) is 14.8 Å². The number of hydrogen-bond acceptors (Lipinski definition) is 4. The van der Waals surface area contributed by atoms with Crippen LogP contribution in [-0.2, 0) is 15.8 Å². The molecule has 3 unspecified atom stereocenters. The summed E-state index contributed by atoms with van der Waals surface area (Å²) in [6.45, 7) is 8.91. The molecule has 1 amide bonds. The van der Waals surface area contributed by atoms with Gasteiger partial charge in [0.05, 0.1) is 23.6 Å². The van der Waals surface area contributed by atoms with Crippen LogP contribution in [0.3, 0.4) is 0 Å². The zero-order valence-electron chi connectivity index (χ0n) is 31.2. The lowest BCUT2D eigenvalue weighted by Gasteiger charge is -2.34. The summed E-state index contributed by atoms with van der Waals surface area (Å²) in [5, 5.41) is 12.3. The number of aromatic nitrogens is 1. The van der Waals surface area contributed by atoms with Crippen LogP contribution in [0.15, 0.2) is 41.3 Å². The fraction of sp³-hybridized carbons (Fsp3) is 0.488. The van der Waals surface area contributed by atoms with Crippen LogP contribution >= 0.6 is 0 Å². The number of carbonyl (C=O) groups is 2. The topological polar surface area (TPSA) is 91.6 Å². The molecule has 3 aromatic rings. The fourth-order valence-electron chi connectivity index (χ4n) is 7.66. The van der Waals surface area contributed by atoms with Crippen LogP contribution < -0.4 is 10.9 Å². The average Bonchev–Trinajstić information content (AvgIpc) is 3.69. The number of benzene rings is 2. The predicted molar refractivity (Wildman–Crippen MR) is 193 cm³/mol. The maximum atomic E-state index is 16.7. The molecule has 296 valence electrons. The summed E-state index contributed by atoms with van der Waals surface area (Å²) in [5.41, 5.74) is -1.99. The Morgan fingerprint density at radius 1 is 1.05 bits per heavy atom. The third kappa shape index (κ3) is 9.26. The van der Waals surface area contributed by atoms with E-state index in [4.69, 9.17) is 0 Å². The number of carboxylic acids is 1. The Hall–Kier alpha value is -4.64. The van der Waals surface area contributed by atoms with Gasteiger partial charge in [0.2, 0.25) is 5.91 Å². The van der Waals surface area contributed by atoms with Gasteiger partial charge in [0.25, 0.3) is 11.5 Å². The van der Waals surface area contributed by atoms with Crippen molar-refractivity contribution in [2.75, 3.05) is 19.6 Å². The number of pyridine rings is 1.